The first-order valence-corrected chi connectivity index (χ1v) is 11.4. The fourth-order valence-electron chi connectivity index (χ4n) is 3.68. The molecule has 176 valence electrons. The SMILES string of the molecule is C=CCCCCC(=O)OCC(NC(=O)C(CC=C)CC(=O)N1CCCC1CO)C(C)C. The van der Waals surface area contributed by atoms with E-state index < -0.39 is 5.92 Å². The van der Waals surface area contributed by atoms with Crippen LogP contribution in [-0.4, -0.2) is 59.6 Å². The van der Waals surface area contributed by atoms with Crippen LogP contribution in [0.1, 0.15) is 65.2 Å². The van der Waals surface area contributed by atoms with Gasteiger partial charge in [-0.05, 0) is 44.4 Å². The van der Waals surface area contributed by atoms with Gasteiger partial charge in [0.1, 0.15) is 6.61 Å². The predicted octanol–water partition coefficient (Wildman–Crippen LogP) is 2.98. The summed E-state index contributed by atoms with van der Waals surface area (Å²) in [7, 11) is 0. The van der Waals surface area contributed by atoms with Crippen LogP contribution < -0.4 is 5.32 Å². The molecule has 0 bridgehead atoms. The Morgan fingerprint density at radius 2 is 1.97 bits per heavy atom. The third-order valence-electron chi connectivity index (χ3n) is 5.75. The molecule has 0 aromatic rings. The number of allylic oxidation sites excluding steroid dienone is 2. The van der Waals surface area contributed by atoms with Gasteiger partial charge in [0, 0.05) is 19.4 Å². The molecule has 0 aromatic carbocycles. The number of hydrogen-bond donors (Lipinski definition) is 2. The van der Waals surface area contributed by atoms with Gasteiger partial charge in [-0.25, -0.2) is 0 Å². The molecule has 3 atom stereocenters. The summed E-state index contributed by atoms with van der Waals surface area (Å²) in [6, 6.07) is -0.488. The number of carbonyl (C=O) groups is 3. The first-order chi connectivity index (χ1) is 14.8. The number of unbranched alkanes of at least 4 members (excludes halogenated alkanes) is 2. The molecule has 1 saturated heterocycles. The number of nitrogens with one attached hydrogen (secondary N) is 1. The van der Waals surface area contributed by atoms with E-state index in [1.54, 1.807) is 11.0 Å². The molecular formula is C24H40N2O5. The second-order valence-corrected chi connectivity index (χ2v) is 8.57. The molecule has 0 aromatic heterocycles. The zero-order chi connectivity index (χ0) is 23.2. The number of carbonyl (C=O) groups excluding carboxylic acids is 3. The van der Waals surface area contributed by atoms with Crippen molar-refractivity contribution in [3.05, 3.63) is 25.3 Å². The van der Waals surface area contributed by atoms with Crippen LogP contribution in [0.3, 0.4) is 0 Å². The highest BCUT2D eigenvalue weighted by molar-refractivity contribution is 5.86. The molecule has 7 nitrogen and oxygen atoms in total. The van der Waals surface area contributed by atoms with Gasteiger partial charge in [-0.1, -0.05) is 26.0 Å². The van der Waals surface area contributed by atoms with E-state index in [0.717, 1.165) is 32.1 Å². The van der Waals surface area contributed by atoms with E-state index in [2.05, 4.69) is 18.5 Å². The summed E-state index contributed by atoms with van der Waals surface area (Å²) < 4.78 is 5.37. The summed E-state index contributed by atoms with van der Waals surface area (Å²) in [5.41, 5.74) is 0. The van der Waals surface area contributed by atoms with Gasteiger partial charge in [-0.2, -0.15) is 0 Å². The van der Waals surface area contributed by atoms with E-state index in [9.17, 15) is 19.5 Å². The van der Waals surface area contributed by atoms with E-state index in [4.69, 9.17) is 4.74 Å². The molecule has 2 amide bonds. The standard InChI is InChI=1S/C24H40N2O5/c1-5-7-8-9-13-23(29)31-17-21(18(3)4)25-24(30)19(11-6-2)15-22(28)26-14-10-12-20(26)16-27/h5-6,18-21,27H,1-2,7-17H2,3-4H3,(H,25,30). The second kappa shape index (κ2) is 14.8. The Labute approximate surface area is 186 Å². The fourth-order valence-corrected chi connectivity index (χ4v) is 3.68. The number of hydrogen-bond acceptors (Lipinski definition) is 5. The van der Waals surface area contributed by atoms with Crippen molar-refractivity contribution in [2.75, 3.05) is 19.8 Å². The molecule has 1 aliphatic rings. The third kappa shape index (κ3) is 9.68. The Hall–Kier alpha value is -2.15. The number of aliphatic hydroxyl groups excluding tert-OH is 1. The molecule has 7 heteroatoms. The van der Waals surface area contributed by atoms with Crippen molar-refractivity contribution in [3.8, 4) is 0 Å². The van der Waals surface area contributed by atoms with Gasteiger partial charge in [0.25, 0.3) is 0 Å². The minimum Gasteiger partial charge on any atom is -0.463 e. The highest BCUT2D eigenvalue weighted by Crippen LogP contribution is 2.21. The van der Waals surface area contributed by atoms with Crippen LogP contribution in [0.4, 0.5) is 0 Å². The Kier molecular flexibility index (Phi) is 12.8. The van der Waals surface area contributed by atoms with Crippen molar-refractivity contribution in [3.63, 3.8) is 0 Å². The molecule has 3 unspecified atom stereocenters. The largest absolute Gasteiger partial charge is 0.463 e. The van der Waals surface area contributed by atoms with Crippen molar-refractivity contribution >= 4 is 17.8 Å². The van der Waals surface area contributed by atoms with Crippen LogP contribution in [0.25, 0.3) is 0 Å². The Balaban J connectivity index is 2.61. The molecule has 2 N–H and O–H groups in total. The number of nitrogens with zero attached hydrogens (tertiary/aromatic N) is 1. The second-order valence-electron chi connectivity index (χ2n) is 8.57. The van der Waals surface area contributed by atoms with Crippen LogP contribution in [-0.2, 0) is 19.1 Å². The topological polar surface area (TPSA) is 95.9 Å². The third-order valence-corrected chi connectivity index (χ3v) is 5.75. The van der Waals surface area contributed by atoms with Crippen molar-refractivity contribution in [2.45, 2.75) is 77.3 Å². The minimum absolute atomic E-state index is 0.0571. The van der Waals surface area contributed by atoms with E-state index >= 15 is 0 Å². The molecule has 31 heavy (non-hydrogen) atoms. The lowest BCUT2D eigenvalue weighted by Gasteiger charge is -2.27. The molecule has 1 aliphatic heterocycles. The molecule has 0 saturated carbocycles. The highest BCUT2D eigenvalue weighted by atomic mass is 16.5. The number of amides is 2. The van der Waals surface area contributed by atoms with Gasteiger partial charge in [0.2, 0.25) is 11.8 Å². The smallest absolute Gasteiger partial charge is 0.305 e. The van der Waals surface area contributed by atoms with Gasteiger partial charge >= 0.3 is 5.97 Å². The van der Waals surface area contributed by atoms with Gasteiger partial charge in [-0.3, -0.25) is 14.4 Å². The first-order valence-electron chi connectivity index (χ1n) is 11.4. The minimum atomic E-state index is -0.541. The van der Waals surface area contributed by atoms with Gasteiger partial charge in [0.05, 0.1) is 24.6 Å². The zero-order valence-electron chi connectivity index (χ0n) is 19.2. The monoisotopic (exact) mass is 436 g/mol. The molecule has 0 spiro atoms. The lowest BCUT2D eigenvalue weighted by molar-refractivity contribution is -0.145. The maximum atomic E-state index is 12.9. The van der Waals surface area contributed by atoms with Crippen LogP contribution in [0.2, 0.25) is 0 Å². The number of rotatable bonds is 15. The molecular weight excluding hydrogens is 396 g/mol. The quantitative estimate of drug-likeness (QED) is 0.234. The number of ether oxygens (including phenoxy) is 1. The van der Waals surface area contributed by atoms with Crippen LogP contribution in [0, 0.1) is 11.8 Å². The van der Waals surface area contributed by atoms with Gasteiger partial charge < -0.3 is 20.1 Å². The predicted molar refractivity (Wildman–Crippen MR) is 121 cm³/mol. The summed E-state index contributed by atoms with van der Waals surface area (Å²) >= 11 is 0. The van der Waals surface area contributed by atoms with Crippen molar-refractivity contribution in [1.82, 2.24) is 10.2 Å². The normalized spacial score (nSPS) is 17.8. The maximum absolute atomic E-state index is 12.9. The summed E-state index contributed by atoms with van der Waals surface area (Å²) in [5, 5.41) is 12.4. The zero-order valence-corrected chi connectivity index (χ0v) is 19.2. The Bertz CT molecular complexity index is 605. The molecule has 1 fully saturated rings. The fraction of sp³-hybridized carbons (Fsp3) is 0.708. The van der Waals surface area contributed by atoms with Crippen LogP contribution in [0.5, 0.6) is 0 Å². The lowest BCUT2D eigenvalue weighted by Crippen LogP contribution is -2.46. The Morgan fingerprint density at radius 1 is 1.23 bits per heavy atom. The van der Waals surface area contributed by atoms with Gasteiger partial charge in [-0.15, -0.1) is 13.2 Å². The molecule has 0 aliphatic carbocycles. The van der Waals surface area contributed by atoms with Crippen molar-refractivity contribution < 1.29 is 24.2 Å². The maximum Gasteiger partial charge on any atom is 0.305 e. The number of likely N-dealkylation sites (tertiary alicyclic amines) is 1. The first kappa shape index (κ1) is 26.9. The summed E-state index contributed by atoms with van der Waals surface area (Å²) in [6.45, 7) is 11.9. The van der Waals surface area contributed by atoms with Crippen LogP contribution in [0.15, 0.2) is 25.3 Å². The summed E-state index contributed by atoms with van der Waals surface area (Å²) in [4.78, 5) is 39.3. The van der Waals surface area contributed by atoms with E-state index in [-0.39, 0.29) is 55.4 Å². The van der Waals surface area contributed by atoms with Crippen molar-refractivity contribution in [1.29, 1.82) is 0 Å². The average molecular weight is 437 g/mol. The summed E-state index contributed by atoms with van der Waals surface area (Å²) in [5.74, 6) is -1.11. The van der Waals surface area contributed by atoms with Gasteiger partial charge in [0.15, 0.2) is 0 Å². The van der Waals surface area contributed by atoms with E-state index in [1.165, 1.54) is 0 Å². The molecule has 1 rings (SSSR count). The van der Waals surface area contributed by atoms with Crippen molar-refractivity contribution in [2.24, 2.45) is 11.8 Å². The van der Waals surface area contributed by atoms with E-state index in [1.807, 2.05) is 19.9 Å². The molecule has 1 heterocycles. The number of aliphatic hydroxyl groups is 1. The molecule has 0 radical (unpaired) electrons. The lowest BCUT2D eigenvalue weighted by atomic mass is 9.97. The average Bonchev–Trinajstić information content (AvgIpc) is 3.22. The number of esters is 1. The highest BCUT2D eigenvalue weighted by Gasteiger charge is 2.32. The Morgan fingerprint density at radius 3 is 2.58 bits per heavy atom. The summed E-state index contributed by atoms with van der Waals surface area (Å²) in [6.07, 6.45) is 8.43. The van der Waals surface area contributed by atoms with E-state index in [0.29, 0.717) is 19.4 Å². The van der Waals surface area contributed by atoms with Crippen LogP contribution >= 0.6 is 0 Å².